The first kappa shape index (κ1) is 14.0. The molecular formula is C10H18N2O4S. The predicted molar refractivity (Wildman–Crippen MR) is 63.1 cm³/mol. The van der Waals surface area contributed by atoms with Crippen LogP contribution in [0.3, 0.4) is 0 Å². The summed E-state index contributed by atoms with van der Waals surface area (Å²) in [6, 6.07) is -0.555. The summed E-state index contributed by atoms with van der Waals surface area (Å²) < 4.78 is 22.7. The van der Waals surface area contributed by atoms with Crippen LogP contribution < -0.4 is 5.32 Å². The van der Waals surface area contributed by atoms with Gasteiger partial charge in [0.05, 0.1) is 0 Å². The van der Waals surface area contributed by atoms with E-state index < -0.39 is 27.0 Å². The van der Waals surface area contributed by atoms with Crippen LogP contribution in [-0.2, 0) is 19.4 Å². The Morgan fingerprint density at radius 3 is 2.65 bits per heavy atom. The van der Waals surface area contributed by atoms with E-state index in [1.54, 1.807) is 6.92 Å². The first-order chi connectivity index (χ1) is 7.79. The number of carbonyl (C=O) groups is 2. The van der Waals surface area contributed by atoms with Gasteiger partial charge in [-0.3, -0.25) is 9.59 Å². The van der Waals surface area contributed by atoms with E-state index in [0.717, 1.165) is 6.26 Å². The Kier molecular flexibility index (Phi) is 4.13. The summed E-state index contributed by atoms with van der Waals surface area (Å²) in [5.41, 5.74) is 0. The number of hydrogen-bond donors (Lipinski definition) is 1. The fraction of sp³-hybridized carbons (Fsp3) is 0.800. The molecule has 7 heteroatoms. The maximum atomic E-state index is 12.0. The topological polar surface area (TPSA) is 83.6 Å². The van der Waals surface area contributed by atoms with Gasteiger partial charge in [-0.1, -0.05) is 6.92 Å². The first-order valence-electron chi connectivity index (χ1n) is 5.56. The van der Waals surface area contributed by atoms with E-state index in [9.17, 15) is 18.0 Å². The molecule has 1 fully saturated rings. The van der Waals surface area contributed by atoms with Crippen molar-refractivity contribution in [3.8, 4) is 0 Å². The fourth-order valence-corrected chi connectivity index (χ4v) is 2.30. The molecule has 1 saturated heterocycles. The molecule has 1 aliphatic rings. The average Bonchev–Trinajstić information content (AvgIpc) is 2.25. The molecule has 0 aromatic heterocycles. The van der Waals surface area contributed by atoms with Crippen LogP contribution in [0.25, 0.3) is 0 Å². The molecule has 17 heavy (non-hydrogen) atoms. The molecule has 0 spiro atoms. The summed E-state index contributed by atoms with van der Waals surface area (Å²) in [5, 5.41) is 1.57. The van der Waals surface area contributed by atoms with Crippen molar-refractivity contribution in [1.29, 1.82) is 0 Å². The molecule has 1 aliphatic heterocycles. The van der Waals surface area contributed by atoms with Gasteiger partial charge in [0.25, 0.3) is 0 Å². The Morgan fingerprint density at radius 1 is 1.59 bits per heavy atom. The Hall–Kier alpha value is -1.11. The number of amides is 2. The molecule has 0 bridgehead atoms. The summed E-state index contributed by atoms with van der Waals surface area (Å²) in [5.74, 6) is -0.706. The van der Waals surface area contributed by atoms with Crippen molar-refractivity contribution in [3.63, 3.8) is 0 Å². The van der Waals surface area contributed by atoms with Gasteiger partial charge in [-0.05, 0) is 13.3 Å². The summed E-state index contributed by atoms with van der Waals surface area (Å²) in [4.78, 5) is 25.0. The summed E-state index contributed by atoms with van der Waals surface area (Å²) in [6.07, 6.45) is 1.51. The Labute approximate surface area is 101 Å². The fourth-order valence-electron chi connectivity index (χ4n) is 1.80. The molecule has 2 amide bonds. The van der Waals surface area contributed by atoms with Gasteiger partial charge in [0.15, 0.2) is 9.84 Å². The third-order valence-corrected chi connectivity index (χ3v) is 4.48. The van der Waals surface area contributed by atoms with Gasteiger partial charge in [0.2, 0.25) is 11.8 Å². The second-order valence-corrected chi connectivity index (χ2v) is 6.58. The van der Waals surface area contributed by atoms with Crippen LogP contribution >= 0.6 is 0 Å². The number of carbonyl (C=O) groups excluding carboxylic acids is 2. The van der Waals surface area contributed by atoms with Gasteiger partial charge in [0.1, 0.15) is 11.3 Å². The van der Waals surface area contributed by atoms with E-state index in [4.69, 9.17) is 0 Å². The zero-order chi connectivity index (χ0) is 13.2. The van der Waals surface area contributed by atoms with Crippen molar-refractivity contribution in [2.24, 2.45) is 0 Å². The lowest BCUT2D eigenvalue weighted by atomic mass is 10.1. The maximum absolute atomic E-state index is 12.0. The van der Waals surface area contributed by atoms with Crippen molar-refractivity contribution < 1.29 is 18.0 Å². The average molecular weight is 262 g/mol. The third-order valence-electron chi connectivity index (χ3n) is 2.99. The normalized spacial score (nSPS) is 23.1. The van der Waals surface area contributed by atoms with Crippen molar-refractivity contribution in [1.82, 2.24) is 10.2 Å². The van der Waals surface area contributed by atoms with E-state index in [-0.39, 0.29) is 5.91 Å². The summed E-state index contributed by atoms with van der Waals surface area (Å²) in [6.45, 7) is 3.89. The lowest BCUT2D eigenvalue weighted by Gasteiger charge is -2.35. The minimum atomic E-state index is -3.42. The molecule has 98 valence electrons. The number of nitrogens with one attached hydrogen (secondary N) is 1. The van der Waals surface area contributed by atoms with Crippen LogP contribution in [0, 0.1) is 0 Å². The van der Waals surface area contributed by atoms with E-state index in [1.807, 2.05) is 0 Å². The number of nitrogens with zero attached hydrogens (tertiary/aromatic N) is 1. The van der Waals surface area contributed by atoms with Crippen LogP contribution in [0.5, 0.6) is 0 Å². The van der Waals surface area contributed by atoms with Crippen molar-refractivity contribution in [3.05, 3.63) is 0 Å². The molecule has 0 aromatic carbocycles. The summed E-state index contributed by atoms with van der Waals surface area (Å²) >= 11 is 0. The van der Waals surface area contributed by atoms with Gasteiger partial charge in [-0.15, -0.1) is 0 Å². The highest BCUT2D eigenvalue weighted by atomic mass is 32.2. The SMILES string of the molecule is CCC1C(=O)NCCN1C(=O)C(C)S(C)(=O)=O. The molecule has 1 heterocycles. The molecule has 6 nitrogen and oxygen atoms in total. The highest BCUT2D eigenvalue weighted by Crippen LogP contribution is 2.13. The summed E-state index contributed by atoms with van der Waals surface area (Å²) in [7, 11) is -3.42. The lowest BCUT2D eigenvalue weighted by Crippen LogP contribution is -2.59. The monoisotopic (exact) mass is 262 g/mol. The van der Waals surface area contributed by atoms with Crippen LogP contribution in [0.2, 0.25) is 0 Å². The number of rotatable bonds is 3. The van der Waals surface area contributed by atoms with E-state index in [2.05, 4.69) is 5.32 Å². The Morgan fingerprint density at radius 2 is 2.18 bits per heavy atom. The smallest absolute Gasteiger partial charge is 0.242 e. The molecule has 0 radical (unpaired) electrons. The quantitative estimate of drug-likeness (QED) is 0.718. The molecule has 1 N–H and O–H groups in total. The van der Waals surface area contributed by atoms with Crippen molar-refractivity contribution in [2.75, 3.05) is 19.3 Å². The number of piperazine rings is 1. The van der Waals surface area contributed by atoms with Gasteiger partial charge >= 0.3 is 0 Å². The number of hydrogen-bond acceptors (Lipinski definition) is 4. The standard InChI is InChI=1S/C10H18N2O4S/c1-4-8-9(13)11-5-6-12(8)10(14)7(2)17(3,15)16/h7-8H,4-6H2,1-3H3,(H,11,13). The van der Waals surface area contributed by atoms with Gasteiger partial charge in [-0.25, -0.2) is 8.42 Å². The zero-order valence-corrected chi connectivity index (χ0v) is 11.1. The van der Waals surface area contributed by atoms with Crippen LogP contribution in [0.15, 0.2) is 0 Å². The molecule has 2 atom stereocenters. The molecule has 0 saturated carbocycles. The lowest BCUT2D eigenvalue weighted by molar-refractivity contribution is -0.142. The van der Waals surface area contributed by atoms with Crippen LogP contribution in [-0.4, -0.2) is 55.8 Å². The molecule has 0 aliphatic carbocycles. The third kappa shape index (κ3) is 2.96. The molecule has 1 rings (SSSR count). The van der Waals surface area contributed by atoms with Gasteiger partial charge in [0, 0.05) is 19.3 Å². The molecule has 0 aromatic rings. The molecule has 2 unspecified atom stereocenters. The minimum Gasteiger partial charge on any atom is -0.353 e. The molecular weight excluding hydrogens is 244 g/mol. The van der Waals surface area contributed by atoms with Gasteiger partial charge in [-0.2, -0.15) is 0 Å². The Bertz CT molecular complexity index is 418. The van der Waals surface area contributed by atoms with Crippen LogP contribution in [0.4, 0.5) is 0 Å². The van der Waals surface area contributed by atoms with Crippen molar-refractivity contribution in [2.45, 2.75) is 31.6 Å². The van der Waals surface area contributed by atoms with Crippen molar-refractivity contribution >= 4 is 21.7 Å². The highest BCUT2D eigenvalue weighted by molar-refractivity contribution is 7.92. The predicted octanol–water partition coefficient (Wildman–Crippen LogP) is -0.843. The maximum Gasteiger partial charge on any atom is 0.242 e. The van der Waals surface area contributed by atoms with Gasteiger partial charge < -0.3 is 10.2 Å². The first-order valence-corrected chi connectivity index (χ1v) is 7.51. The van der Waals surface area contributed by atoms with E-state index >= 15 is 0 Å². The van der Waals surface area contributed by atoms with E-state index in [1.165, 1.54) is 11.8 Å². The second-order valence-electron chi connectivity index (χ2n) is 4.22. The zero-order valence-electron chi connectivity index (χ0n) is 10.3. The van der Waals surface area contributed by atoms with Crippen LogP contribution in [0.1, 0.15) is 20.3 Å². The number of sulfone groups is 1. The Balaban J connectivity index is 2.91. The minimum absolute atomic E-state index is 0.215. The highest BCUT2D eigenvalue weighted by Gasteiger charge is 2.36. The largest absolute Gasteiger partial charge is 0.353 e. The van der Waals surface area contributed by atoms with E-state index in [0.29, 0.717) is 19.5 Å². The second kappa shape index (κ2) is 5.03.